The standard InChI is InChI=1S/C20H33N/c1-4-13-21-15-19-12-7-5-6-11-18(19)14-20-16(2)9-8-10-17(20)3/h8-10,18-19,21H,4-7,11-15H2,1-3H3. The summed E-state index contributed by atoms with van der Waals surface area (Å²) in [5.74, 6) is 1.75. The van der Waals surface area contributed by atoms with E-state index in [-0.39, 0.29) is 0 Å². The van der Waals surface area contributed by atoms with E-state index in [0.717, 1.165) is 11.8 Å². The predicted octanol–water partition coefficient (Wildman–Crippen LogP) is 5.04. The normalized spacial score (nSPS) is 23.0. The summed E-state index contributed by atoms with van der Waals surface area (Å²) in [6.45, 7) is 9.22. The van der Waals surface area contributed by atoms with Crippen LogP contribution in [0.3, 0.4) is 0 Å². The molecular formula is C20H33N. The molecule has 1 heteroatoms. The van der Waals surface area contributed by atoms with Crippen molar-refractivity contribution in [3.63, 3.8) is 0 Å². The molecule has 21 heavy (non-hydrogen) atoms. The van der Waals surface area contributed by atoms with Crippen LogP contribution in [-0.4, -0.2) is 13.1 Å². The second-order valence-corrected chi connectivity index (χ2v) is 6.94. The molecule has 1 fully saturated rings. The van der Waals surface area contributed by atoms with Crippen LogP contribution in [0.25, 0.3) is 0 Å². The SMILES string of the molecule is CCCNCC1CCCCCC1Cc1c(C)cccc1C. The molecule has 0 spiro atoms. The molecule has 1 saturated carbocycles. The first-order valence-electron chi connectivity index (χ1n) is 8.98. The molecule has 1 N–H and O–H groups in total. The van der Waals surface area contributed by atoms with Gasteiger partial charge < -0.3 is 5.32 Å². The van der Waals surface area contributed by atoms with Gasteiger partial charge >= 0.3 is 0 Å². The Kier molecular flexibility index (Phi) is 6.76. The summed E-state index contributed by atoms with van der Waals surface area (Å²) in [6.07, 6.45) is 9.68. The van der Waals surface area contributed by atoms with Crippen LogP contribution in [0.1, 0.15) is 62.1 Å². The fraction of sp³-hybridized carbons (Fsp3) is 0.700. The van der Waals surface area contributed by atoms with Crippen LogP contribution in [0.15, 0.2) is 18.2 Å². The van der Waals surface area contributed by atoms with E-state index < -0.39 is 0 Å². The highest BCUT2D eigenvalue weighted by Gasteiger charge is 2.24. The molecule has 2 atom stereocenters. The van der Waals surface area contributed by atoms with Crippen molar-refractivity contribution in [2.75, 3.05) is 13.1 Å². The van der Waals surface area contributed by atoms with Gasteiger partial charge in [0.2, 0.25) is 0 Å². The summed E-state index contributed by atoms with van der Waals surface area (Å²) in [5, 5.41) is 3.68. The molecule has 0 aliphatic heterocycles. The van der Waals surface area contributed by atoms with Gasteiger partial charge in [0.05, 0.1) is 0 Å². The first-order valence-corrected chi connectivity index (χ1v) is 8.98. The van der Waals surface area contributed by atoms with Crippen molar-refractivity contribution >= 4 is 0 Å². The second kappa shape index (κ2) is 8.58. The van der Waals surface area contributed by atoms with Gasteiger partial charge in [0.25, 0.3) is 0 Å². The molecule has 118 valence electrons. The Balaban J connectivity index is 2.05. The zero-order chi connectivity index (χ0) is 15.1. The van der Waals surface area contributed by atoms with Gasteiger partial charge in [-0.2, -0.15) is 0 Å². The molecule has 0 heterocycles. The average Bonchev–Trinajstić information content (AvgIpc) is 2.69. The number of hydrogen-bond acceptors (Lipinski definition) is 1. The van der Waals surface area contributed by atoms with Gasteiger partial charge in [0.1, 0.15) is 0 Å². The molecular weight excluding hydrogens is 254 g/mol. The third-order valence-corrected chi connectivity index (χ3v) is 5.26. The van der Waals surface area contributed by atoms with Crippen molar-refractivity contribution < 1.29 is 0 Å². The number of hydrogen-bond donors (Lipinski definition) is 1. The van der Waals surface area contributed by atoms with Crippen molar-refractivity contribution in [1.29, 1.82) is 0 Å². The van der Waals surface area contributed by atoms with Crippen LogP contribution in [0.5, 0.6) is 0 Å². The lowest BCUT2D eigenvalue weighted by molar-refractivity contribution is 0.297. The van der Waals surface area contributed by atoms with E-state index in [2.05, 4.69) is 44.3 Å². The fourth-order valence-electron chi connectivity index (χ4n) is 3.90. The summed E-state index contributed by atoms with van der Waals surface area (Å²) in [6, 6.07) is 6.76. The van der Waals surface area contributed by atoms with Crippen molar-refractivity contribution in [2.24, 2.45) is 11.8 Å². The van der Waals surface area contributed by atoms with Crippen LogP contribution in [0, 0.1) is 25.7 Å². The van der Waals surface area contributed by atoms with E-state index in [1.165, 1.54) is 69.2 Å². The maximum atomic E-state index is 3.68. The van der Waals surface area contributed by atoms with Gasteiger partial charge in [0, 0.05) is 0 Å². The summed E-state index contributed by atoms with van der Waals surface area (Å²) >= 11 is 0. The highest BCUT2D eigenvalue weighted by Crippen LogP contribution is 2.32. The van der Waals surface area contributed by atoms with Crippen molar-refractivity contribution in [3.05, 3.63) is 34.9 Å². The van der Waals surface area contributed by atoms with E-state index in [1.54, 1.807) is 5.56 Å². The van der Waals surface area contributed by atoms with E-state index in [9.17, 15) is 0 Å². The molecule has 1 aliphatic rings. The van der Waals surface area contributed by atoms with Gasteiger partial charge in [0.15, 0.2) is 0 Å². The average molecular weight is 287 g/mol. The molecule has 1 aliphatic carbocycles. The minimum atomic E-state index is 0.872. The van der Waals surface area contributed by atoms with Gasteiger partial charge in [-0.05, 0) is 81.1 Å². The second-order valence-electron chi connectivity index (χ2n) is 6.94. The number of rotatable bonds is 6. The Morgan fingerprint density at radius 2 is 1.67 bits per heavy atom. The van der Waals surface area contributed by atoms with Crippen LogP contribution in [0.4, 0.5) is 0 Å². The van der Waals surface area contributed by atoms with Gasteiger partial charge in [-0.1, -0.05) is 44.4 Å². The highest BCUT2D eigenvalue weighted by molar-refractivity contribution is 5.33. The molecule has 2 unspecified atom stereocenters. The molecule has 1 aromatic rings. The van der Waals surface area contributed by atoms with Crippen LogP contribution >= 0.6 is 0 Å². The Labute approximate surface area is 131 Å². The third kappa shape index (κ3) is 4.85. The van der Waals surface area contributed by atoms with Gasteiger partial charge in [-0.15, -0.1) is 0 Å². The largest absolute Gasteiger partial charge is 0.316 e. The number of aryl methyl sites for hydroxylation is 2. The number of nitrogens with one attached hydrogen (secondary N) is 1. The molecule has 1 aromatic carbocycles. The molecule has 2 rings (SSSR count). The van der Waals surface area contributed by atoms with Crippen molar-refractivity contribution in [2.45, 2.75) is 65.7 Å². The maximum absolute atomic E-state index is 3.68. The molecule has 1 nitrogen and oxygen atoms in total. The zero-order valence-electron chi connectivity index (χ0n) is 14.3. The maximum Gasteiger partial charge on any atom is -0.00178 e. The molecule has 0 amide bonds. The fourth-order valence-corrected chi connectivity index (χ4v) is 3.90. The minimum Gasteiger partial charge on any atom is -0.316 e. The van der Waals surface area contributed by atoms with Crippen LogP contribution < -0.4 is 5.32 Å². The van der Waals surface area contributed by atoms with Crippen LogP contribution in [0.2, 0.25) is 0 Å². The number of benzene rings is 1. The molecule has 0 radical (unpaired) electrons. The molecule has 0 saturated heterocycles. The van der Waals surface area contributed by atoms with E-state index in [1.807, 2.05) is 0 Å². The van der Waals surface area contributed by atoms with E-state index in [0.29, 0.717) is 0 Å². The van der Waals surface area contributed by atoms with Gasteiger partial charge in [-0.25, -0.2) is 0 Å². The Morgan fingerprint density at radius 1 is 1.00 bits per heavy atom. The Bertz CT molecular complexity index is 404. The lowest BCUT2D eigenvalue weighted by Crippen LogP contribution is -2.29. The minimum absolute atomic E-state index is 0.872. The quantitative estimate of drug-likeness (QED) is 0.571. The smallest absolute Gasteiger partial charge is 0.00178 e. The predicted molar refractivity (Wildman–Crippen MR) is 92.8 cm³/mol. The van der Waals surface area contributed by atoms with Crippen molar-refractivity contribution in [3.8, 4) is 0 Å². The first-order chi connectivity index (χ1) is 10.2. The van der Waals surface area contributed by atoms with E-state index >= 15 is 0 Å². The summed E-state index contributed by atoms with van der Waals surface area (Å²) < 4.78 is 0. The van der Waals surface area contributed by atoms with Gasteiger partial charge in [-0.3, -0.25) is 0 Å². The highest BCUT2D eigenvalue weighted by atomic mass is 14.9. The summed E-state index contributed by atoms with van der Waals surface area (Å²) in [4.78, 5) is 0. The third-order valence-electron chi connectivity index (χ3n) is 5.26. The monoisotopic (exact) mass is 287 g/mol. The zero-order valence-corrected chi connectivity index (χ0v) is 14.3. The topological polar surface area (TPSA) is 12.0 Å². The van der Waals surface area contributed by atoms with Crippen molar-refractivity contribution in [1.82, 2.24) is 5.32 Å². The summed E-state index contributed by atoms with van der Waals surface area (Å²) in [7, 11) is 0. The molecule has 0 aromatic heterocycles. The Morgan fingerprint density at radius 3 is 2.33 bits per heavy atom. The lowest BCUT2D eigenvalue weighted by Gasteiger charge is -2.27. The Hall–Kier alpha value is -0.820. The van der Waals surface area contributed by atoms with E-state index in [4.69, 9.17) is 0 Å². The first kappa shape index (κ1) is 16.5. The summed E-state index contributed by atoms with van der Waals surface area (Å²) in [5.41, 5.74) is 4.59. The van der Waals surface area contributed by atoms with Crippen LogP contribution in [-0.2, 0) is 6.42 Å². The lowest BCUT2D eigenvalue weighted by atomic mass is 9.81. The molecule has 0 bridgehead atoms.